The van der Waals surface area contributed by atoms with Crippen molar-refractivity contribution < 1.29 is 25.0 Å². The first-order valence-electron chi connectivity index (χ1n) is 6.58. The fraction of sp³-hybridized carbons (Fsp3) is 0.538. The number of hydrogen-bond acceptors (Lipinski definition) is 6. The molecular weight excluding hydrogens is 261 g/mol. The Morgan fingerprint density at radius 3 is 2.40 bits per heavy atom. The van der Waals surface area contributed by atoms with E-state index in [-0.39, 0.29) is 31.2 Å². The van der Waals surface area contributed by atoms with Crippen molar-refractivity contribution in [3.63, 3.8) is 0 Å². The number of benzene rings is 1. The van der Waals surface area contributed by atoms with Gasteiger partial charge in [0.2, 0.25) is 0 Å². The molecule has 0 aliphatic rings. The normalized spacial score (nSPS) is 12.6. The molecule has 6 N–H and O–H groups in total. The highest BCUT2D eigenvalue weighted by Gasteiger charge is 2.24. The topological polar surface area (TPSA) is 116 Å². The van der Waals surface area contributed by atoms with Crippen molar-refractivity contribution in [3.05, 3.63) is 23.8 Å². The minimum atomic E-state index is -1.67. The van der Waals surface area contributed by atoms with Crippen molar-refractivity contribution in [1.82, 2.24) is 0 Å². The Hall–Kier alpha value is -1.12. The van der Waals surface area contributed by atoms with Crippen LogP contribution in [0.1, 0.15) is 18.4 Å². The Balaban J connectivity index is 3.00. The van der Waals surface area contributed by atoms with Crippen LogP contribution in [0.25, 0.3) is 0 Å². The molecule has 20 heavy (non-hydrogen) atoms. The summed E-state index contributed by atoms with van der Waals surface area (Å²) in [5.74, 6) is -0.124. The molecule has 0 aromatic heterocycles. The number of rotatable bonds is 8. The molecule has 0 amide bonds. The van der Waals surface area contributed by atoms with Gasteiger partial charge in [-0.05, 0) is 24.1 Å². The summed E-state index contributed by atoms with van der Waals surface area (Å²) in [6, 6.07) is 5.14. The van der Waals surface area contributed by atoms with Crippen LogP contribution in [-0.2, 0) is 0 Å². The maximum Gasteiger partial charge on any atom is 0.492 e. The first-order chi connectivity index (χ1) is 9.54. The van der Waals surface area contributed by atoms with Crippen molar-refractivity contribution in [2.75, 3.05) is 26.4 Å². The van der Waals surface area contributed by atoms with Crippen LogP contribution in [-0.4, -0.2) is 53.7 Å². The van der Waals surface area contributed by atoms with E-state index in [1.165, 1.54) is 0 Å². The summed E-state index contributed by atoms with van der Waals surface area (Å²) in [5, 5.41) is 37.1. The summed E-state index contributed by atoms with van der Waals surface area (Å²) in [7, 11) is -1.67. The summed E-state index contributed by atoms with van der Waals surface area (Å²) in [6.45, 7) is 1.94. The van der Waals surface area contributed by atoms with E-state index in [1.807, 2.05) is 6.92 Å². The van der Waals surface area contributed by atoms with E-state index < -0.39 is 13.0 Å². The van der Waals surface area contributed by atoms with Gasteiger partial charge in [0.1, 0.15) is 5.75 Å². The van der Waals surface area contributed by atoms with Crippen molar-refractivity contribution in [3.8, 4) is 5.75 Å². The predicted octanol–water partition coefficient (Wildman–Crippen LogP) is -1.59. The fourth-order valence-electron chi connectivity index (χ4n) is 1.89. The molecule has 0 saturated heterocycles. The standard InChI is InChI=1S/C13H22BNO5/c1-9(5-15)11-3-2-4-12(13(11)14(18)19)20-8-10(6-16)7-17/h2-4,9-10,16-19H,5-8,15H2,1H3. The lowest BCUT2D eigenvalue weighted by Gasteiger charge is -2.20. The monoisotopic (exact) mass is 283 g/mol. The molecule has 0 spiro atoms. The van der Waals surface area contributed by atoms with Crippen LogP contribution in [0.3, 0.4) is 0 Å². The van der Waals surface area contributed by atoms with E-state index in [0.717, 1.165) is 0 Å². The van der Waals surface area contributed by atoms with E-state index in [9.17, 15) is 10.0 Å². The molecule has 0 radical (unpaired) electrons. The number of aliphatic hydroxyl groups is 2. The number of hydrogen-bond donors (Lipinski definition) is 5. The molecule has 0 fully saturated rings. The smallest absolute Gasteiger partial charge is 0.492 e. The molecule has 0 saturated carbocycles. The van der Waals surface area contributed by atoms with Crippen LogP contribution in [0.4, 0.5) is 0 Å². The van der Waals surface area contributed by atoms with Gasteiger partial charge in [0.25, 0.3) is 0 Å². The van der Waals surface area contributed by atoms with Crippen LogP contribution in [0.5, 0.6) is 5.75 Å². The molecule has 1 rings (SSSR count). The summed E-state index contributed by atoms with van der Waals surface area (Å²) in [5.41, 5.74) is 6.61. The molecule has 112 valence electrons. The Bertz CT molecular complexity index is 412. The Labute approximate surface area is 119 Å². The highest BCUT2D eigenvalue weighted by molar-refractivity contribution is 6.60. The lowest BCUT2D eigenvalue weighted by atomic mass is 9.73. The predicted molar refractivity (Wildman–Crippen MR) is 76.9 cm³/mol. The van der Waals surface area contributed by atoms with Crippen molar-refractivity contribution in [2.45, 2.75) is 12.8 Å². The fourth-order valence-corrected chi connectivity index (χ4v) is 1.89. The van der Waals surface area contributed by atoms with E-state index in [1.54, 1.807) is 18.2 Å². The molecule has 0 aliphatic heterocycles. The minimum Gasteiger partial charge on any atom is -0.493 e. The van der Waals surface area contributed by atoms with Crippen LogP contribution >= 0.6 is 0 Å². The summed E-state index contributed by atoms with van der Waals surface area (Å²) in [4.78, 5) is 0. The molecule has 1 aromatic carbocycles. The van der Waals surface area contributed by atoms with Gasteiger partial charge in [-0.2, -0.15) is 0 Å². The SMILES string of the molecule is CC(CN)c1cccc(OCC(CO)CO)c1B(O)O. The van der Waals surface area contributed by atoms with Gasteiger partial charge < -0.3 is 30.7 Å². The minimum absolute atomic E-state index is 0.0400. The van der Waals surface area contributed by atoms with Gasteiger partial charge in [-0.1, -0.05) is 19.1 Å². The van der Waals surface area contributed by atoms with Crippen LogP contribution in [0.2, 0.25) is 0 Å². The van der Waals surface area contributed by atoms with E-state index in [2.05, 4.69) is 0 Å². The molecule has 1 unspecified atom stereocenters. The maximum absolute atomic E-state index is 9.55. The second kappa shape index (κ2) is 8.23. The summed E-state index contributed by atoms with van der Waals surface area (Å²) >= 11 is 0. The van der Waals surface area contributed by atoms with E-state index in [4.69, 9.17) is 20.7 Å². The van der Waals surface area contributed by atoms with Gasteiger partial charge in [0, 0.05) is 11.4 Å². The Morgan fingerprint density at radius 2 is 1.90 bits per heavy atom. The number of ether oxygens (including phenoxy) is 1. The summed E-state index contributed by atoms with van der Waals surface area (Å²) in [6.07, 6.45) is 0. The second-order valence-electron chi connectivity index (χ2n) is 4.81. The third kappa shape index (κ3) is 4.19. The van der Waals surface area contributed by atoms with Crippen molar-refractivity contribution >= 4 is 12.6 Å². The Kier molecular flexibility index (Phi) is 6.97. The molecule has 1 atom stereocenters. The molecule has 0 aliphatic carbocycles. The van der Waals surface area contributed by atoms with Gasteiger partial charge in [0.05, 0.1) is 19.8 Å². The lowest BCUT2D eigenvalue weighted by Crippen LogP contribution is -2.37. The van der Waals surface area contributed by atoms with Gasteiger partial charge in [0.15, 0.2) is 0 Å². The average Bonchev–Trinajstić information content (AvgIpc) is 2.46. The number of aliphatic hydroxyl groups excluding tert-OH is 2. The van der Waals surface area contributed by atoms with E-state index in [0.29, 0.717) is 17.9 Å². The molecule has 0 heterocycles. The van der Waals surface area contributed by atoms with Gasteiger partial charge >= 0.3 is 7.12 Å². The summed E-state index contributed by atoms with van der Waals surface area (Å²) < 4.78 is 5.50. The van der Waals surface area contributed by atoms with Crippen molar-refractivity contribution in [1.29, 1.82) is 0 Å². The van der Waals surface area contributed by atoms with Crippen LogP contribution < -0.4 is 15.9 Å². The zero-order valence-electron chi connectivity index (χ0n) is 11.6. The highest BCUT2D eigenvalue weighted by Crippen LogP contribution is 2.19. The van der Waals surface area contributed by atoms with Crippen LogP contribution in [0, 0.1) is 5.92 Å². The van der Waals surface area contributed by atoms with Gasteiger partial charge in [-0.3, -0.25) is 0 Å². The molecular formula is C13H22BNO5. The van der Waals surface area contributed by atoms with Crippen LogP contribution in [0.15, 0.2) is 18.2 Å². The zero-order valence-corrected chi connectivity index (χ0v) is 11.6. The first kappa shape index (κ1) is 16.9. The largest absolute Gasteiger partial charge is 0.493 e. The molecule has 0 bridgehead atoms. The quantitative estimate of drug-likeness (QED) is 0.367. The van der Waals surface area contributed by atoms with Gasteiger partial charge in [-0.25, -0.2) is 0 Å². The lowest BCUT2D eigenvalue weighted by molar-refractivity contribution is 0.106. The third-order valence-corrected chi connectivity index (χ3v) is 3.23. The highest BCUT2D eigenvalue weighted by atomic mass is 16.5. The second-order valence-corrected chi connectivity index (χ2v) is 4.81. The average molecular weight is 283 g/mol. The van der Waals surface area contributed by atoms with E-state index >= 15 is 0 Å². The maximum atomic E-state index is 9.55. The van der Waals surface area contributed by atoms with Gasteiger partial charge in [-0.15, -0.1) is 0 Å². The first-order valence-corrected chi connectivity index (χ1v) is 6.58. The molecule has 1 aromatic rings. The zero-order chi connectivity index (χ0) is 15.1. The Morgan fingerprint density at radius 1 is 1.25 bits per heavy atom. The molecule has 7 heteroatoms. The third-order valence-electron chi connectivity index (χ3n) is 3.23. The molecule has 6 nitrogen and oxygen atoms in total. The van der Waals surface area contributed by atoms with Crippen molar-refractivity contribution in [2.24, 2.45) is 11.7 Å². The number of nitrogens with two attached hydrogens (primary N) is 1.